The predicted molar refractivity (Wildman–Crippen MR) is 77.5 cm³/mol. The Morgan fingerprint density at radius 2 is 1.79 bits per heavy atom. The van der Waals surface area contributed by atoms with Crippen molar-refractivity contribution in [2.24, 2.45) is 0 Å². The second-order valence-corrected chi connectivity index (χ2v) is 6.99. The third-order valence-electron chi connectivity index (χ3n) is 3.51. The van der Waals surface area contributed by atoms with Gasteiger partial charge in [-0.25, -0.2) is 8.42 Å². The van der Waals surface area contributed by atoms with Crippen molar-refractivity contribution in [3.63, 3.8) is 0 Å². The topological polar surface area (TPSA) is 63.4 Å². The molecular weight excluding hydrogens is 260 g/mol. The van der Waals surface area contributed by atoms with E-state index in [0.29, 0.717) is 24.3 Å². The SMILES string of the molecule is CC1=CCCN(S(=O)(=O)c2c(C)ccc(C)c2N)C1. The van der Waals surface area contributed by atoms with Gasteiger partial charge < -0.3 is 5.73 Å². The molecule has 0 amide bonds. The lowest BCUT2D eigenvalue weighted by Gasteiger charge is -2.27. The second kappa shape index (κ2) is 4.98. The van der Waals surface area contributed by atoms with Crippen molar-refractivity contribution in [3.05, 3.63) is 34.9 Å². The summed E-state index contributed by atoms with van der Waals surface area (Å²) in [6, 6.07) is 3.66. The molecule has 0 unspecified atom stereocenters. The van der Waals surface area contributed by atoms with Crippen LogP contribution < -0.4 is 5.73 Å². The summed E-state index contributed by atoms with van der Waals surface area (Å²) in [5.74, 6) is 0. The molecule has 0 saturated heterocycles. The van der Waals surface area contributed by atoms with Gasteiger partial charge in [0.05, 0.1) is 5.69 Å². The van der Waals surface area contributed by atoms with Crippen molar-refractivity contribution in [2.45, 2.75) is 32.1 Å². The zero-order valence-electron chi connectivity index (χ0n) is 11.6. The fourth-order valence-electron chi connectivity index (χ4n) is 2.36. The van der Waals surface area contributed by atoms with Gasteiger partial charge in [-0.3, -0.25) is 0 Å². The van der Waals surface area contributed by atoms with Crippen LogP contribution >= 0.6 is 0 Å². The lowest BCUT2D eigenvalue weighted by atomic mass is 10.1. The monoisotopic (exact) mass is 280 g/mol. The summed E-state index contributed by atoms with van der Waals surface area (Å²) < 4.78 is 27.0. The van der Waals surface area contributed by atoms with Crippen LogP contribution in [0.1, 0.15) is 24.5 Å². The summed E-state index contributed by atoms with van der Waals surface area (Å²) in [7, 11) is -3.51. The molecule has 0 bridgehead atoms. The molecule has 19 heavy (non-hydrogen) atoms. The first-order valence-electron chi connectivity index (χ1n) is 6.35. The van der Waals surface area contributed by atoms with Gasteiger partial charge in [0.2, 0.25) is 10.0 Å². The van der Waals surface area contributed by atoms with Crippen LogP contribution in [0.15, 0.2) is 28.7 Å². The third kappa shape index (κ3) is 2.53. The van der Waals surface area contributed by atoms with Crippen LogP contribution in [-0.2, 0) is 10.0 Å². The van der Waals surface area contributed by atoms with E-state index in [1.807, 2.05) is 26.0 Å². The van der Waals surface area contributed by atoms with Crippen LogP contribution in [0.5, 0.6) is 0 Å². The smallest absolute Gasteiger partial charge is 0.245 e. The summed E-state index contributed by atoms with van der Waals surface area (Å²) in [5, 5.41) is 0. The molecule has 1 heterocycles. The maximum absolute atomic E-state index is 12.7. The van der Waals surface area contributed by atoms with Gasteiger partial charge in [-0.1, -0.05) is 23.8 Å². The Bertz CT molecular complexity index is 633. The summed E-state index contributed by atoms with van der Waals surface area (Å²) in [6.07, 6.45) is 2.84. The number of anilines is 1. The van der Waals surface area contributed by atoms with Gasteiger partial charge in [-0.15, -0.1) is 0 Å². The Balaban J connectivity index is 2.52. The molecule has 1 aliphatic rings. The molecule has 2 N–H and O–H groups in total. The van der Waals surface area contributed by atoms with Crippen LogP contribution in [0.3, 0.4) is 0 Å². The molecule has 1 aromatic carbocycles. The molecular formula is C14H20N2O2S. The standard InChI is InChI=1S/C14H20N2O2S/c1-10-5-4-8-16(9-10)19(17,18)14-12(3)7-6-11(2)13(14)15/h5-7H,4,8-9,15H2,1-3H3. The van der Waals surface area contributed by atoms with E-state index in [1.54, 1.807) is 6.92 Å². The van der Waals surface area contributed by atoms with E-state index in [4.69, 9.17) is 5.73 Å². The van der Waals surface area contributed by atoms with Crippen LogP contribution in [-0.4, -0.2) is 25.8 Å². The van der Waals surface area contributed by atoms with Crippen LogP contribution in [0.2, 0.25) is 0 Å². The lowest BCUT2D eigenvalue weighted by Crippen LogP contribution is -2.36. The van der Waals surface area contributed by atoms with Crippen molar-refractivity contribution < 1.29 is 8.42 Å². The van der Waals surface area contributed by atoms with Gasteiger partial charge in [0.25, 0.3) is 0 Å². The van der Waals surface area contributed by atoms with E-state index in [0.717, 1.165) is 17.6 Å². The molecule has 0 radical (unpaired) electrons. The molecule has 0 aliphatic carbocycles. The summed E-state index contributed by atoms with van der Waals surface area (Å²) >= 11 is 0. The Morgan fingerprint density at radius 1 is 1.16 bits per heavy atom. The molecule has 2 rings (SSSR count). The molecule has 1 aromatic rings. The van der Waals surface area contributed by atoms with Gasteiger partial charge in [-0.2, -0.15) is 4.31 Å². The zero-order chi connectivity index (χ0) is 14.2. The van der Waals surface area contributed by atoms with Gasteiger partial charge in [0.15, 0.2) is 0 Å². The highest BCUT2D eigenvalue weighted by Gasteiger charge is 2.29. The highest BCUT2D eigenvalue weighted by atomic mass is 32.2. The average Bonchev–Trinajstić information content (AvgIpc) is 2.34. The van der Waals surface area contributed by atoms with Crippen molar-refractivity contribution >= 4 is 15.7 Å². The molecule has 0 atom stereocenters. The fourth-order valence-corrected chi connectivity index (χ4v) is 4.25. The molecule has 5 heteroatoms. The highest BCUT2D eigenvalue weighted by molar-refractivity contribution is 7.89. The Labute approximate surface area is 115 Å². The highest BCUT2D eigenvalue weighted by Crippen LogP contribution is 2.30. The van der Waals surface area contributed by atoms with E-state index in [9.17, 15) is 8.42 Å². The van der Waals surface area contributed by atoms with Gasteiger partial charge in [0.1, 0.15) is 4.90 Å². The molecule has 1 aliphatic heterocycles. The minimum atomic E-state index is -3.51. The number of nitrogen functional groups attached to an aromatic ring is 1. The van der Waals surface area contributed by atoms with Crippen LogP contribution in [0.25, 0.3) is 0 Å². The minimum Gasteiger partial charge on any atom is -0.397 e. The molecule has 0 fully saturated rings. The van der Waals surface area contributed by atoms with Gasteiger partial charge in [-0.05, 0) is 38.3 Å². The molecule has 0 aromatic heterocycles. The van der Waals surface area contributed by atoms with Crippen molar-refractivity contribution in [1.82, 2.24) is 4.31 Å². The minimum absolute atomic E-state index is 0.266. The summed E-state index contributed by atoms with van der Waals surface area (Å²) in [4.78, 5) is 0.266. The number of aryl methyl sites for hydroxylation is 2. The Hall–Kier alpha value is -1.33. The predicted octanol–water partition coefficient (Wildman–Crippen LogP) is 2.23. The first-order chi connectivity index (χ1) is 8.84. The summed E-state index contributed by atoms with van der Waals surface area (Å²) in [5.41, 5.74) is 8.94. The number of sulfonamides is 1. The fraction of sp³-hybridized carbons (Fsp3) is 0.429. The van der Waals surface area contributed by atoms with Crippen molar-refractivity contribution in [2.75, 3.05) is 18.8 Å². The Kier molecular flexibility index (Phi) is 3.69. The average molecular weight is 280 g/mol. The molecule has 0 spiro atoms. The van der Waals surface area contributed by atoms with Gasteiger partial charge >= 0.3 is 0 Å². The van der Waals surface area contributed by atoms with E-state index in [-0.39, 0.29) is 4.90 Å². The van der Waals surface area contributed by atoms with E-state index >= 15 is 0 Å². The first kappa shape index (κ1) is 14.1. The van der Waals surface area contributed by atoms with Crippen molar-refractivity contribution in [3.8, 4) is 0 Å². The van der Waals surface area contributed by atoms with E-state index in [2.05, 4.69) is 6.08 Å². The Morgan fingerprint density at radius 3 is 2.42 bits per heavy atom. The van der Waals surface area contributed by atoms with Crippen LogP contribution in [0.4, 0.5) is 5.69 Å². The molecule has 104 valence electrons. The largest absolute Gasteiger partial charge is 0.397 e. The molecule has 4 nitrogen and oxygen atoms in total. The van der Waals surface area contributed by atoms with Crippen molar-refractivity contribution in [1.29, 1.82) is 0 Å². The third-order valence-corrected chi connectivity index (χ3v) is 5.56. The maximum atomic E-state index is 12.7. The zero-order valence-corrected chi connectivity index (χ0v) is 12.4. The lowest BCUT2D eigenvalue weighted by molar-refractivity contribution is 0.428. The summed E-state index contributed by atoms with van der Waals surface area (Å²) in [6.45, 7) is 6.54. The maximum Gasteiger partial charge on any atom is 0.245 e. The van der Waals surface area contributed by atoms with E-state index in [1.165, 1.54) is 4.31 Å². The number of hydrogen-bond acceptors (Lipinski definition) is 3. The number of hydrogen-bond donors (Lipinski definition) is 1. The number of nitrogens with zero attached hydrogens (tertiary/aromatic N) is 1. The number of nitrogens with two attached hydrogens (primary N) is 1. The van der Waals surface area contributed by atoms with E-state index < -0.39 is 10.0 Å². The first-order valence-corrected chi connectivity index (χ1v) is 7.79. The number of rotatable bonds is 2. The molecule has 0 saturated carbocycles. The number of benzene rings is 1. The van der Waals surface area contributed by atoms with Gasteiger partial charge in [0, 0.05) is 13.1 Å². The normalized spacial score (nSPS) is 17.3. The quantitative estimate of drug-likeness (QED) is 0.667. The van der Waals surface area contributed by atoms with Crippen LogP contribution in [0, 0.1) is 13.8 Å². The second-order valence-electron chi connectivity index (χ2n) is 5.12.